The summed E-state index contributed by atoms with van der Waals surface area (Å²) in [4.78, 5) is 3.90. The average molecular weight is 181 g/mol. The lowest BCUT2D eigenvalue weighted by atomic mass is 9.97. The van der Waals surface area contributed by atoms with Crippen LogP contribution in [0.4, 0.5) is 0 Å². The third-order valence-electron chi connectivity index (χ3n) is 1.77. The van der Waals surface area contributed by atoms with Crippen LogP contribution in [0.1, 0.15) is 0 Å². The van der Waals surface area contributed by atoms with Gasteiger partial charge in [0.15, 0.2) is 0 Å². The second-order valence-corrected chi connectivity index (χ2v) is 2.85. The maximum Gasteiger partial charge on any atom is 0.130 e. The fourth-order valence-corrected chi connectivity index (χ4v) is 1.08. The first-order valence-electron chi connectivity index (χ1n) is 4.28. The van der Waals surface area contributed by atoms with E-state index in [-0.39, 0.29) is 0 Å². The first-order valence-corrected chi connectivity index (χ1v) is 4.28. The van der Waals surface area contributed by atoms with Gasteiger partial charge < -0.3 is 4.74 Å². The van der Waals surface area contributed by atoms with E-state index in [9.17, 15) is 0 Å². The van der Waals surface area contributed by atoms with Gasteiger partial charge in [0.05, 0.1) is 0 Å². The molecule has 2 radical (unpaired) electrons. The van der Waals surface area contributed by atoms with Crippen molar-refractivity contribution in [1.29, 1.82) is 0 Å². The van der Waals surface area contributed by atoms with Crippen LogP contribution in [-0.4, -0.2) is 12.8 Å². The van der Waals surface area contributed by atoms with Gasteiger partial charge in [0.2, 0.25) is 0 Å². The number of benzene rings is 1. The van der Waals surface area contributed by atoms with Crippen molar-refractivity contribution in [2.24, 2.45) is 0 Å². The molecule has 0 N–H and O–H groups in total. The molecule has 0 bridgehead atoms. The Bertz CT molecular complexity index is 399. The Labute approximate surface area is 84.0 Å². The van der Waals surface area contributed by atoms with Gasteiger partial charge in [0.1, 0.15) is 19.3 Å². The van der Waals surface area contributed by atoms with Crippen molar-refractivity contribution in [3.05, 3.63) is 48.8 Å². The van der Waals surface area contributed by atoms with Gasteiger partial charge in [0, 0.05) is 12.4 Å². The maximum absolute atomic E-state index is 5.55. The fourth-order valence-electron chi connectivity index (χ4n) is 1.08. The molecule has 1 aromatic heterocycles. The number of pyridine rings is 1. The summed E-state index contributed by atoms with van der Waals surface area (Å²) in [6.45, 7) is 0. The Morgan fingerprint density at radius 3 is 2.07 bits per heavy atom. The summed E-state index contributed by atoms with van der Waals surface area (Å²) in [5.74, 6) is 1.54. The number of nitrogens with zero attached hydrogens (tertiary/aromatic N) is 1. The molecule has 0 atom stereocenters. The highest BCUT2D eigenvalue weighted by molar-refractivity contribution is 6.32. The van der Waals surface area contributed by atoms with Gasteiger partial charge >= 0.3 is 0 Å². The average Bonchev–Trinajstić information content (AvgIpc) is 2.23. The van der Waals surface area contributed by atoms with Crippen molar-refractivity contribution in [1.82, 2.24) is 4.98 Å². The third kappa shape index (κ3) is 2.13. The molecule has 0 saturated heterocycles. The Morgan fingerprint density at radius 1 is 0.857 bits per heavy atom. The zero-order chi connectivity index (χ0) is 9.80. The van der Waals surface area contributed by atoms with Crippen LogP contribution in [0.2, 0.25) is 0 Å². The highest BCUT2D eigenvalue weighted by atomic mass is 16.5. The first-order chi connectivity index (χ1) is 6.84. The quantitative estimate of drug-likeness (QED) is 0.657. The molecule has 1 aromatic carbocycles. The standard InChI is InChI=1S/C11H8BNO/c12-9-1-3-10(4-2-9)14-11-5-7-13-8-6-11/h1-8H. The molecule has 0 unspecified atom stereocenters. The normalized spacial score (nSPS) is 9.71. The molecule has 0 spiro atoms. The molecule has 0 saturated carbocycles. The Kier molecular flexibility index (Phi) is 2.50. The Hall–Kier alpha value is -1.77. The minimum Gasteiger partial charge on any atom is -0.457 e. The lowest BCUT2D eigenvalue weighted by Crippen LogP contribution is -1.99. The Morgan fingerprint density at radius 2 is 1.43 bits per heavy atom. The van der Waals surface area contributed by atoms with Crippen LogP contribution in [0, 0.1) is 0 Å². The van der Waals surface area contributed by atoms with E-state index in [0.29, 0.717) is 0 Å². The van der Waals surface area contributed by atoms with E-state index in [4.69, 9.17) is 12.6 Å². The lowest BCUT2D eigenvalue weighted by molar-refractivity contribution is 0.482. The zero-order valence-electron chi connectivity index (χ0n) is 7.55. The Balaban J connectivity index is 2.16. The summed E-state index contributed by atoms with van der Waals surface area (Å²) in [6, 6.07) is 10.9. The van der Waals surface area contributed by atoms with Crippen LogP contribution < -0.4 is 10.2 Å². The molecule has 0 amide bonds. The van der Waals surface area contributed by atoms with Crippen LogP contribution in [0.3, 0.4) is 0 Å². The van der Waals surface area contributed by atoms with E-state index in [2.05, 4.69) is 4.98 Å². The molecular weight excluding hydrogens is 173 g/mol. The van der Waals surface area contributed by atoms with Gasteiger partial charge in [-0.1, -0.05) is 17.6 Å². The van der Waals surface area contributed by atoms with Crippen molar-refractivity contribution in [3.8, 4) is 11.5 Å². The number of ether oxygens (including phenoxy) is 1. The third-order valence-corrected chi connectivity index (χ3v) is 1.77. The number of hydrogen-bond donors (Lipinski definition) is 0. The van der Waals surface area contributed by atoms with Gasteiger partial charge in [-0.25, -0.2) is 0 Å². The van der Waals surface area contributed by atoms with Crippen molar-refractivity contribution in [2.75, 3.05) is 0 Å². The monoisotopic (exact) mass is 181 g/mol. The smallest absolute Gasteiger partial charge is 0.130 e. The molecule has 2 rings (SSSR count). The van der Waals surface area contributed by atoms with Crippen molar-refractivity contribution >= 4 is 13.3 Å². The summed E-state index contributed by atoms with van der Waals surface area (Å²) in [5, 5.41) is 0. The topological polar surface area (TPSA) is 22.1 Å². The molecule has 3 heteroatoms. The molecule has 1 heterocycles. The van der Waals surface area contributed by atoms with E-state index in [0.717, 1.165) is 17.0 Å². The van der Waals surface area contributed by atoms with Crippen LogP contribution in [0.25, 0.3) is 0 Å². The highest BCUT2D eigenvalue weighted by Crippen LogP contribution is 2.18. The van der Waals surface area contributed by atoms with Crippen LogP contribution in [-0.2, 0) is 0 Å². The molecule has 0 aliphatic heterocycles. The highest BCUT2D eigenvalue weighted by Gasteiger charge is 1.94. The van der Waals surface area contributed by atoms with E-state index < -0.39 is 0 Å². The molecule has 2 nitrogen and oxygen atoms in total. The van der Waals surface area contributed by atoms with Crippen molar-refractivity contribution in [2.45, 2.75) is 0 Å². The molecule has 0 fully saturated rings. The summed E-state index contributed by atoms with van der Waals surface area (Å²) < 4.78 is 5.54. The molecule has 0 aliphatic carbocycles. The molecule has 66 valence electrons. The fraction of sp³-hybridized carbons (Fsp3) is 0. The molecule has 2 aromatic rings. The summed E-state index contributed by atoms with van der Waals surface area (Å²) in [7, 11) is 5.55. The van der Waals surface area contributed by atoms with Gasteiger partial charge in [-0.2, -0.15) is 0 Å². The van der Waals surface area contributed by atoms with E-state index in [1.165, 1.54) is 0 Å². The van der Waals surface area contributed by atoms with Gasteiger partial charge in [-0.15, -0.1) is 0 Å². The van der Waals surface area contributed by atoms with Crippen LogP contribution >= 0.6 is 0 Å². The van der Waals surface area contributed by atoms with E-state index in [1.807, 2.05) is 12.1 Å². The number of aromatic nitrogens is 1. The number of rotatable bonds is 2. The van der Waals surface area contributed by atoms with Crippen LogP contribution in [0.5, 0.6) is 11.5 Å². The molecule has 14 heavy (non-hydrogen) atoms. The van der Waals surface area contributed by atoms with E-state index in [1.54, 1.807) is 36.7 Å². The zero-order valence-corrected chi connectivity index (χ0v) is 7.55. The lowest BCUT2D eigenvalue weighted by Gasteiger charge is -2.04. The molecule has 0 aliphatic rings. The van der Waals surface area contributed by atoms with Gasteiger partial charge in [-0.05, 0) is 24.3 Å². The van der Waals surface area contributed by atoms with Crippen LogP contribution in [0.15, 0.2) is 48.8 Å². The SMILES string of the molecule is [B]c1ccc(Oc2ccncc2)cc1. The summed E-state index contributed by atoms with van der Waals surface area (Å²) >= 11 is 0. The number of hydrogen-bond acceptors (Lipinski definition) is 2. The summed E-state index contributed by atoms with van der Waals surface area (Å²) in [5.41, 5.74) is 0.729. The second-order valence-electron chi connectivity index (χ2n) is 2.85. The minimum atomic E-state index is 0.729. The maximum atomic E-state index is 5.55. The van der Waals surface area contributed by atoms with Crippen molar-refractivity contribution < 1.29 is 4.74 Å². The minimum absolute atomic E-state index is 0.729. The largest absolute Gasteiger partial charge is 0.457 e. The second kappa shape index (κ2) is 3.96. The predicted octanol–water partition coefficient (Wildman–Crippen LogP) is 1.67. The van der Waals surface area contributed by atoms with Gasteiger partial charge in [0.25, 0.3) is 0 Å². The van der Waals surface area contributed by atoms with E-state index >= 15 is 0 Å². The predicted molar refractivity (Wildman–Crippen MR) is 56.1 cm³/mol. The van der Waals surface area contributed by atoms with Crippen molar-refractivity contribution in [3.63, 3.8) is 0 Å². The van der Waals surface area contributed by atoms with Gasteiger partial charge in [-0.3, -0.25) is 4.98 Å². The first kappa shape index (κ1) is 8.82. The molecular formula is C11H8BNO. The summed E-state index contributed by atoms with van der Waals surface area (Å²) in [6.07, 6.45) is 3.37.